The molecule has 1 amide bonds. The quantitative estimate of drug-likeness (QED) is 0.185. The van der Waals surface area contributed by atoms with Crippen molar-refractivity contribution in [2.24, 2.45) is 23.5 Å². The number of aliphatic hydroxyl groups excluding tert-OH is 2. The fraction of sp³-hybridized carbons (Fsp3) is 0.407. The van der Waals surface area contributed by atoms with Gasteiger partial charge in [0.2, 0.25) is 0 Å². The van der Waals surface area contributed by atoms with E-state index >= 15 is 0 Å². The zero-order chi connectivity index (χ0) is 27.0. The monoisotopic (exact) mass is 510 g/mol. The van der Waals surface area contributed by atoms with Gasteiger partial charge in [0.25, 0.3) is 5.91 Å². The number of benzene rings is 1. The van der Waals surface area contributed by atoms with Gasteiger partial charge in [-0.3, -0.25) is 14.4 Å². The number of aliphatic hydroxyl groups is 2. The van der Waals surface area contributed by atoms with Gasteiger partial charge < -0.3 is 30.7 Å². The van der Waals surface area contributed by atoms with E-state index in [-0.39, 0.29) is 36.3 Å². The Morgan fingerprint density at radius 1 is 1.16 bits per heavy atom. The minimum absolute atomic E-state index is 0.0372. The van der Waals surface area contributed by atoms with Crippen molar-refractivity contribution in [1.82, 2.24) is 4.90 Å². The summed E-state index contributed by atoms with van der Waals surface area (Å²) < 4.78 is 5.21. The summed E-state index contributed by atoms with van der Waals surface area (Å²) in [6, 6.07) is 2.96. The third kappa shape index (κ3) is 4.89. The van der Waals surface area contributed by atoms with Gasteiger partial charge in [0.05, 0.1) is 18.1 Å². The van der Waals surface area contributed by atoms with Crippen molar-refractivity contribution in [2.45, 2.75) is 25.7 Å². The van der Waals surface area contributed by atoms with Gasteiger partial charge in [0, 0.05) is 24.6 Å². The summed E-state index contributed by atoms with van der Waals surface area (Å²) in [6.07, 6.45) is 3.93. The van der Waals surface area contributed by atoms with E-state index in [1.807, 2.05) is 19.0 Å². The second-order valence-electron chi connectivity index (χ2n) is 9.94. The SMILES string of the molecule is CN(C)CCCOC(=O)/C=C/c1ccc(O)c2c1CC1CC3CC(=O)C(C(N)=O)=C(O)C3C(=O)C1=C2O. The number of carbonyl (C=O) groups is 4. The van der Waals surface area contributed by atoms with Crippen LogP contribution in [-0.4, -0.2) is 70.9 Å². The van der Waals surface area contributed by atoms with Crippen LogP contribution < -0.4 is 5.73 Å². The molecule has 0 saturated heterocycles. The predicted octanol–water partition coefficient (Wildman–Crippen LogP) is 1.82. The number of hydrogen-bond acceptors (Lipinski definition) is 9. The maximum absolute atomic E-state index is 13.4. The van der Waals surface area contributed by atoms with Crippen LogP contribution in [0.4, 0.5) is 0 Å². The summed E-state index contributed by atoms with van der Waals surface area (Å²) in [5.41, 5.74) is 5.90. The number of ether oxygens (including phenoxy) is 1. The molecule has 1 saturated carbocycles. The summed E-state index contributed by atoms with van der Waals surface area (Å²) in [4.78, 5) is 51.7. The Balaban J connectivity index is 1.65. The summed E-state index contributed by atoms with van der Waals surface area (Å²) >= 11 is 0. The highest BCUT2D eigenvalue weighted by Crippen LogP contribution is 2.50. The van der Waals surface area contributed by atoms with E-state index in [4.69, 9.17) is 10.5 Å². The number of amides is 1. The molecule has 37 heavy (non-hydrogen) atoms. The molecule has 1 aromatic carbocycles. The predicted molar refractivity (Wildman–Crippen MR) is 133 cm³/mol. The molecule has 3 aliphatic rings. The first-order valence-electron chi connectivity index (χ1n) is 12.1. The van der Waals surface area contributed by atoms with E-state index < -0.39 is 58.3 Å². The van der Waals surface area contributed by atoms with Crippen molar-refractivity contribution in [1.29, 1.82) is 0 Å². The summed E-state index contributed by atoms with van der Waals surface area (Å²) in [5, 5.41) is 32.3. The van der Waals surface area contributed by atoms with Gasteiger partial charge in [0.1, 0.15) is 22.8 Å². The average molecular weight is 511 g/mol. The Labute approximate surface area is 213 Å². The number of carbonyl (C=O) groups excluding carboxylic acids is 4. The lowest BCUT2D eigenvalue weighted by molar-refractivity contribution is -0.138. The van der Waals surface area contributed by atoms with E-state index in [9.17, 15) is 34.5 Å². The molecule has 0 bridgehead atoms. The Morgan fingerprint density at radius 2 is 1.89 bits per heavy atom. The first-order chi connectivity index (χ1) is 17.5. The van der Waals surface area contributed by atoms with E-state index in [0.717, 1.165) is 6.54 Å². The van der Waals surface area contributed by atoms with Crippen molar-refractivity contribution in [2.75, 3.05) is 27.2 Å². The fourth-order valence-corrected chi connectivity index (χ4v) is 5.58. The molecule has 0 heterocycles. The van der Waals surface area contributed by atoms with Crippen molar-refractivity contribution < 1.29 is 39.2 Å². The van der Waals surface area contributed by atoms with Crippen LogP contribution in [0.25, 0.3) is 11.8 Å². The second-order valence-corrected chi connectivity index (χ2v) is 9.94. The molecule has 0 spiro atoms. The Kier molecular flexibility index (Phi) is 7.22. The average Bonchev–Trinajstić information content (AvgIpc) is 2.80. The van der Waals surface area contributed by atoms with E-state index in [1.54, 1.807) is 6.07 Å². The number of rotatable bonds is 7. The number of esters is 1. The number of nitrogens with zero attached hydrogens (tertiary/aromatic N) is 1. The van der Waals surface area contributed by atoms with Crippen LogP contribution in [0.2, 0.25) is 0 Å². The molecule has 3 atom stereocenters. The molecule has 1 aromatic rings. The Bertz CT molecular complexity index is 1270. The lowest BCUT2D eigenvalue weighted by Gasteiger charge is -2.41. The van der Waals surface area contributed by atoms with E-state index in [0.29, 0.717) is 24.0 Å². The summed E-state index contributed by atoms with van der Waals surface area (Å²) in [7, 11) is 3.85. The minimum Gasteiger partial charge on any atom is -0.511 e. The number of aromatic hydroxyl groups is 1. The highest BCUT2D eigenvalue weighted by Gasteiger charge is 2.50. The van der Waals surface area contributed by atoms with Gasteiger partial charge in [-0.25, -0.2) is 4.79 Å². The molecule has 0 radical (unpaired) electrons. The van der Waals surface area contributed by atoms with Crippen LogP contribution in [-0.2, 0) is 30.3 Å². The fourth-order valence-electron chi connectivity index (χ4n) is 5.58. The van der Waals surface area contributed by atoms with Crippen LogP contribution in [0.15, 0.2) is 35.1 Å². The van der Waals surface area contributed by atoms with Crippen molar-refractivity contribution in [3.05, 3.63) is 51.8 Å². The number of phenols is 1. The maximum Gasteiger partial charge on any atom is 0.330 e. The molecule has 3 aliphatic carbocycles. The van der Waals surface area contributed by atoms with Gasteiger partial charge in [-0.15, -0.1) is 0 Å². The zero-order valence-electron chi connectivity index (χ0n) is 20.7. The lowest BCUT2D eigenvalue weighted by atomic mass is 9.61. The molecule has 5 N–H and O–H groups in total. The van der Waals surface area contributed by atoms with Crippen LogP contribution in [0, 0.1) is 17.8 Å². The number of primary amides is 1. The third-order valence-electron chi connectivity index (χ3n) is 7.20. The maximum atomic E-state index is 13.4. The number of phenolic OH excluding ortho intramolecular Hbond substituents is 1. The van der Waals surface area contributed by atoms with Crippen molar-refractivity contribution >= 4 is 35.3 Å². The summed E-state index contributed by atoms with van der Waals surface area (Å²) in [6.45, 7) is 1.05. The highest BCUT2D eigenvalue weighted by molar-refractivity contribution is 6.21. The first-order valence-corrected chi connectivity index (χ1v) is 12.1. The normalized spacial score (nSPS) is 23.3. The topological polar surface area (TPSA) is 167 Å². The zero-order valence-corrected chi connectivity index (χ0v) is 20.7. The lowest BCUT2D eigenvalue weighted by Crippen LogP contribution is -2.44. The van der Waals surface area contributed by atoms with Crippen LogP contribution >= 0.6 is 0 Å². The number of fused-ring (bicyclic) bond motifs is 3. The Hall–Kier alpha value is -3.92. The number of ketones is 2. The van der Waals surface area contributed by atoms with Crippen molar-refractivity contribution in [3.8, 4) is 5.75 Å². The highest BCUT2D eigenvalue weighted by atomic mass is 16.5. The molecule has 1 fully saturated rings. The van der Waals surface area contributed by atoms with Gasteiger partial charge in [0.15, 0.2) is 11.6 Å². The van der Waals surface area contributed by atoms with Crippen LogP contribution in [0.1, 0.15) is 36.0 Å². The minimum atomic E-state index is -1.16. The molecular weight excluding hydrogens is 480 g/mol. The number of allylic oxidation sites excluding steroid dienone is 2. The van der Waals surface area contributed by atoms with Crippen LogP contribution in [0.3, 0.4) is 0 Å². The number of nitrogens with two attached hydrogens (primary N) is 1. The Morgan fingerprint density at radius 3 is 2.57 bits per heavy atom. The van der Waals surface area contributed by atoms with Crippen LogP contribution in [0.5, 0.6) is 5.75 Å². The number of Topliss-reactive ketones (excluding diaryl/α,β-unsaturated/α-hetero) is 2. The largest absolute Gasteiger partial charge is 0.511 e. The molecule has 3 unspecified atom stereocenters. The first kappa shape index (κ1) is 26.2. The van der Waals surface area contributed by atoms with E-state index in [2.05, 4.69) is 0 Å². The molecule has 0 aliphatic heterocycles. The molecule has 0 aromatic heterocycles. The van der Waals surface area contributed by atoms with E-state index in [1.165, 1.54) is 18.2 Å². The molecular formula is C27H30N2O8. The molecule has 10 nitrogen and oxygen atoms in total. The van der Waals surface area contributed by atoms with Crippen molar-refractivity contribution in [3.63, 3.8) is 0 Å². The van der Waals surface area contributed by atoms with Gasteiger partial charge in [-0.05, 0) is 68.5 Å². The number of hydrogen-bond donors (Lipinski definition) is 4. The second kappa shape index (κ2) is 10.2. The van der Waals surface area contributed by atoms with Gasteiger partial charge >= 0.3 is 5.97 Å². The molecule has 4 rings (SSSR count). The molecule has 196 valence electrons. The van der Waals surface area contributed by atoms with Gasteiger partial charge in [-0.1, -0.05) is 6.07 Å². The third-order valence-corrected chi connectivity index (χ3v) is 7.20. The smallest absolute Gasteiger partial charge is 0.330 e. The standard InChI is InChI=1S/C27H30N2O8/c1-29(2)8-3-9-37-19(32)7-5-13-4-6-17(30)22-16(13)11-14-10-15-12-18(31)23(27(28)36)26(35)21(15)24(33)20(14)25(22)34/h4-7,14-15,21,30,34-35H,3,8-12H2,1-2H3,(H2,28,36)/b7-5+. The summed E-state index contributed by atoms with van der Waals surface area (Å²) in [5.74, 6) is -6.37. The van der Waals surface area contributed by atoms with Gasteiger partial charge in [-0.2, -0.15) is 0 Å². The molecule has 10 heteroatoms.